The summed E-state index contributed by atoms with van der Waals surface area (Å²) in [4.78, 5) is 0. The van der Waals surface area contributed by atoms with Crippen molar-refractivity contribution in [3.63, 3.8) is 0 Å². The Balaban J connectivity index is 2.06. The van der Waals surface area contributed by atoms with Crippen LogP contribution in [0.5, 0.6) is 0 Å². The molecule has 20 heavy (non-hydrogen) atoms. The molecule has 2 unspecified atom stereocenters. The summed E-state index contributed by atoms with van der Waals surface area (Å²) in [6, 6.07) is 7.05. The third-order valence-electron chi connectivity index (χ3n) is 3.59. The van der Waals surface area contributed by atoms with E-state index in [2.05, 4.69) is 0 Å². The van der Waals surface area contributed by atoms with Crippen molar-refractivity contribution in [2.24, 2.45) is 11.7 Å². The number of benzene rings is 1. The Kier molecular flexibility index (Phi) is 4.86. The van der Waals surface area contributed by atoms with Gasteiger partial charge in [-0.1, -0.05) is 23.7 Å². The van der Waals surface area contributed by atoms with E-state index in [1.807, 2.05) is 6.92 Å². The van der Waals surface area contributed by atoms with E-state index >= 15 is 0 Å². The van der Waals surface area contributed by atoms with Crippen LogP contribution in [0.1, 0.15) is 18.9 Å². The number of sulfonamides is 1. The maximum absolute atomic E-state index is 12.2. The molecule has 1 aromatic carbocycles. The molecular formula is C14H19ClN2O2S. The molecule has 1 aromatic rings. The molecule has 6 heteroatoms. The third-order valence-corrected chi connectivity index (χ3v) is 5.38. The molecule has 1 fully saturated rings. The fourth-order valence-corrected chi connectivity index (χ4v) is 3.63. The average molecular weight is 315 g/mol. The van der Waals surface area contributed by atoms with Crippen LogP contribution >= 0.6 is 11.6 Å². The predicted octanol–water partition coefficient (Wildman–Crippen LogP) is 2.31. The molecule has 110 valence electrons. The van der Waals surface area contributed by atoms with Gasteiger partial charge in [-0.15, -0.1) is 0 Å². The van der Waals surface area contributed by atoms with E-state index in [0.29, 0.717) is 18.1 Å². The maximum atomic E-state index is 12.2. The molecule has 1 aliphatic rings. The zero-order valence-corrected chi connectivity index (χ0v) is 12.9. The van der Waals surface area contributed by atoms with Crippen molar-refractivity contribution in [3.05, 3.63) is 40.3 Å². The molecule has 0 bridgehead atoms. The van der Waals surface area contributed by atoms with Gasteiger partial charge in [-0.2, -0.15) is 4.31 Å². The van der Waals surface area contributed by atoms with Crippen LogP contribution in [0.4, 0.5) is 0 Å². The summed E-state index contributed by atoms with van der Waals surface area (Å²) in [7, 11) is -3.37. The lowest BCUT2D eigenvalue weighted by Gasteiger charge is -2.16. The molecule has 0 radical (unpaired) electrons. The smallest absolute Gasteiger partial charge is 0.236 e. The standard InChI is InChI=1S/C14H19ClN2O2S/c1-11(16)13-6-8-17(10-13)20(18,19)9-7-12-2-4-14(15)5-3-12/h2-5,7,9,11,13H,6,8,10,16H2,1H3/b9-7+. The van der Waals surface area contributed by atoms with Gasteiger partial charge in [0.15, 0.2) is 0 Å². The van der Waals surface area contributed by atoms with E-state index in [1.54, 1.807) is 30.3 Å². The van der Waals surface area contributed by atoms with Gasteiger partial charge in [0.1, 0.15) is 0 Å². The van der Waals surface area contributed by atoms with Gasteiger partial charge in [-0.3, -0.25) is 0 Å². The summed E-state index contributed by atoms with van der Waals surface area (Å²) in [5.74, 6) is 0.244. The van der Waals surface area contributed by atoms with Crippen LogP contribution in [-0.2, 0) is 10.0 Å². The zero-order chi connectivity index (χ0) is 14.8. The molecule has 1 aliphatic heterocycles. The van der Waals surface area contributed by atoms with Crippen LogP contribution in [0.3, 0.4) is 0 Å². The lowest BCUT2D eigenvalue weighted by Crippen LogP contribution is -2.32. The minimum Gasteiger partial charge on any atom is -0.328 e. The maximum Gasteiger partial charge on any atom is 0.236 e. The van der Waals surface area contributed by atoms with Crippen molar-refractivity contribution < 1.29 is 8.42 Å². The highest BCUT2D eigenvalue weighted by atomic mass is 35.5. The van der Waals surface area contributed by atoms with E-state index in [0.717, 1.165) is 12.0 Å². The van der Waals surface area contributed by atoms with Crippen LogP contribution in [0.25, 0.3) is 6.08 Å². The number of hydrogen-bond donors (Lipinski definition) is 1. The van der Waals surface area contributed by atoms with Gasteiger partial charge in [-0.25, -0.2) is 8.42 Å². The molecule has 0 spiro atoms. The molecule has 0 aliphatic carbocycles. The summed E-state index contributed by atoms with van der Waals surface area (Å²) in [5, 5.41) is 1.88. The van der Waals surface area contributed by atoms with Gasteiger partial charge >= 0.3 is 0 Å². The molecule has 1 heterocycles. The average Bonchev–Trinajstić information content (AvgIpc) is 2.89. The highest BCUT2D eigenvalue weighted by molar-refractivity contribution is 7.92. The van der Waals surface area contributed by atoms with Crippen molar-refractivity contribution in [3.8, 4) is 0 Å². The quantitative estimate of drug-likeness (QED) is 0.927. The minimum atomic E-state index is -3.37. The Hall–Kier alpha value is -0.880. The Morgan fingerprint density at radius 3 is 2.60 bits per heavy atom. The van der Waals surface area contributed by atoms with Crippen molar-refractivity contribution in [1.29, 1.82) is 0 Å². The fourth-order valence-electron chi connectivity index (χ4n) is 2.24. The van der Waals surface area contributed by atoms with Crippen molar-refractivity contribution >= 4 is 27.7 Å². The number of nitrogens with zero attached hydrogens (tertiary/aromatic N) is 1. The first kappa shape index (κ1) is 15.5. The molecule has 0 aromatic heterocycles. The van der Waals surface area contributed by atoms with Crippen LogP contribution < -0.4 is 5.73 Å². The number of nitrogens with two attached hydrogens (primary N) is 1. The molecule has 0 amide bonds. The first-order chi connectivity index (χ1) is 9.38. The fraction of sp³-hybridized carbons (Fsp3) is 0.429. The van der Waals surface area contributed by atoms with E-state index in [4.69, 9.17) is 17.3 Å². The Morgan fingerprint density at radius 1 is 1.40 bits per heavy atom. The second-order valence-electron chi connectivity index (χ2n) is 5.17. The highest BCUT2D eigenvalue weighted by Gasteiger charge is 2.31. The minimum absolute atomic E-state index is 0.0236. The molecule has 4 nitrogen and oxygen atoms in total. The summed E-state index contributed by atoms with van der Waals surface area (Å²) < 4.78 is 25.9. The van der Waals surface area contributed by atoms with Crippen molar-refractivity contribution in [2.45, 2.75) is 19.4 Å². The second-order valence-corrected chi connectivity index (χ2v) is 7.42. The first-order valence-electron chi connectivity index (χ1n) is 6.58. The normalized spacial score (nSPS) is 22.4. The Morgan fingerprint density at radius 2 is 2.05 bits per heavy atom. The molecule has 1 saturated heterocycles. The predicted molar refractivity (Wildman–Crippen MR) is 82.7 cm³/mol. The highest BCUT2D eigenvalue weighted by Crippen LogP contribution is 2.22. The lowest BCUT2D eigenvalue weighted by molar-refractivity contribution is 0.433. The number of rotatable bonds is 4. The van der Waals surface area contributed by atoms with E-state index < -0.39 is 10.0 Å². The number of hydrogen-bond acceptors (Lipinski definition) is 3. The summed E-state index contributed by atoms with van der Waals surface area (Å²) in [5.41, 5.74) is 6.64. The molecular weight excluding hydrogens is 296 g/mol. The van der Waals surface area contributed by atoms with Gasteiger partial charge in [-0.05, 0) is 43.0 Å². The van der Waals surface area contributed by atoms with Crippen LogP contribution in [0.2, 0.25) is 5.02 Å². The van der Waals surface area contributed by atoms with Gasteiger partial charge in [0.25, 0.3) is 0 Å². The molecule has 2 rings (SSSR count). The summed E-state index contributed by atoms with van der Waals surface area (Å²) in [6.07, 6.45) is 2.41. The van der Waals surface area contributed by atoms with Gasteiger partial charge in [0, 0.05) is 29.6 Å². The summed E-state index contributed by atoms with van der Waals surface area (Å²) >= 11 is 5.79. The Labute approximate surface area is 125 Å². The van der Waals surface area contributed by atoms with E-state index in [-0.39, 0.29) is 12.0 Å². The summed E-state index contributed by atoms with van der Waals surface area (Å²) in [6.45, 7) is 2.97. The Bertz CT molecular complexity index is 582. The molecule has 2 N–H and O–H groups in total. The zero-order valence-electron chi connectivity index (χ0n) is 11.4. The first-order valence-corrected chi connectivity index (χ1v) is 8.46. The van der Waals surface area contributed by atoms with Crippen LogP contribution in [0.15, 0.2) is 29.7 Å². The SMILES string of the molecule is CC(N)C1CCN(S(=O)(=O)/C=C/c2ccc(Cl)cc2)C1. The second kappa shape index (κ2) is 6.26. The molecule has 0 saturated carbocycles. The van der Waals surface area contributed by atoms with E-state index in [1.165, 1.54) is 9.71 Å². The molecule has 2 atom stereocenters. The van der Waals surface area contributed by atoms with Crippen molar-refractivity contribution in [1.82, 2.24) is 4.31 Å². The lowest BCUT2D eigenvalue weighted by atomic mass is 10.0. The van der Waals surface area contributed by atoms with Crippen molar-refractivity contribution in [2.75, 3.05) is 13.1 Å². The van der Waals surface area contributed by atoms with Gasteiger partial charge in [0.05, 0.1) is 0 Å². The third kappa shape index (κ3) is 3.82. The monoisotopic (exact) mass is 314 g/mol. The van der Waals surface area contributed by atoms with Gasteiger partial charge < -0.3 is 5.73 Å². The van der Waals surface area contributed by atoms with Crippen LogP contribution in [-0.4, -0.2) is 31.9 Å². The van der Waals surface area contributed by atoms with E-state index in [9.17, 15) is 8.42 Å². The largest absolute Gasteiger partial charge is 0.328 e. The van der Waals surface area contributed by atoms with Gasteiger partial charge in [0.2, 0.25) is 10.0 Å². The topological polar surface area (TPSA) is 63.4 Å². The number of halogens is 1. The van der Waals surface area contributed by atoms with Crippen LogP contribution in [0, 0.1) is 5.92 Å².